The molecule has 0 unspecified atom stereocenters. The molecular weight excluding hydrogens is 352 g/mol. The number of nitro groups is 1. The molecule has 0 fully saturated rings. The number of amides is 1. The monoisotopic (exact) mass is 372 g/mol. The van der Waals surface area contributed by atoms with Gasteiger partial charge in [-0.3, -0.25) is 19.7 Å². The molecule has 2 aromatic rings. The van der Waals surface area contributed by atoms with E-state index in [2.05, 4.69) is 5.32 Å². The molecule has 8 nitrogen and oxygen atoms in total. The standard InChI is InChI=1S/C19H20N2O6/c1-13-3-5-17(14(2)9-13)26-8-7-20-19(23)12-27-18-6-4-15(11-22)10-16(18)21(24)25/h3-6,9-11H,7-8,12H2,1-2H3,(H,20,23). The lowest BCUT2D eigenvalue weighted by Crippen LogP contribution is -2.32. The third-order valence-electron chi connectivity index (χ3n) is 3.69. The van der Waals surface area contributed by atoms with Crippen LogP contribution in [0.3, 0.4) is 0 Å². The van der Waals surface area contributed by atoms with Crippen LogP contribution in [0.5, 0.6) is 11.5 Å². The van der Waals surface area contributed by atoms with Crippen molar-refractivity contribution >= 4 is 17.9 Å². The van der Waals surface area contributed by atoms with Crippen LogP contribution in [0, 0.1) is 24.0 Å². The first-order valence-corrected chi connectivity index (χ1v) is 8.24. The Morgan fingerprint density at radius 2 is 1.89 bits per heavy atom. The number of aldehydes is 1. The van der Waals surface area contributed by atoms with Crippen LogP contribution in [0.2, 0.25) is 0 Å². The van der Waals surface area contributed by atoms with Crippen LogP contribution >= 0.6 is 0 Å². The first-order valence-electron chi connectivity index (χ1n) is 8.24. The van der Waals surface area contributed by atoms with E-state index >= 15 is 0 Å². The van der Waals surface area contributed by atoms with Crippen LogP contribution in [0.15, 0.2) is 36.4 Å². The average Bonchev–Trinajstić information content (AvgIpc) is 2.64. The largest absolute Gasteiger partial charge is 0.491 e. The van der Waals surface area contributed by atoms with Gasteiger partial charge in [0.05, 0.1) is 11.5 Å². The van der Waals surface area contributed by atoms with Crippen molar-refractivity contribution in [1.29, 1.82) is 0 Å². The first kappa shape index (κ1) is 19.9. The average molecular weight is 372 g/mol. The van der Waals surface area contributed by atoms with Gasteiger partial charge in [0.25, 0.3) is 5.91 Å². The van der Waals surface area contributed by atoms with Gasteiger partial charge < -0.3 is 14.8 Å². The maximum absolute atomic E-state index is 11.8. The van der Waals surface area contributed by atoms with Crippen molar-refractivity contribution in [3.05, 3.63) is 63.2 Å². The van der Waals surface area contributed by atoms with Gasteiger partial charge in [-0.2, -0.15) is 0 Å². The van der Waals surface area contributed by atoms with Crippen molar-refractivity contribution < 1.29 is 24.0 Å². The van der Waals surface area contributed by atoms with E-state index in [0.717, 1.165) is 22.9 Å². The summed E-state index contributed by atoms with van der Waals surface area (Å²) in [5, 5.41) is 13.6. The molecule has 1 amide bonds. The van der Waals surface area contributed by atoms with Crippen LogP contribution in [-0.2, 0) is 4.79 Å². The number of nitrogens with one attached hydrogen (secondary N) is 1. The molecule has 0 atom stereocenters. The van der Waals surface area contributed by atoms with Crippen molar-refractivity contribution in [2.45, 2.75) is 13.8 Å². The van der Waals surface area contributed by atoms with Crippen LogP contribution in [0.1, 0.15) is 21.5 Å². The van der Waals surface area contributed by atoms with E-state index < -0.39 is 10.8 Å². The molecule has 0 aliphatic rings. The Bertz CT molecular complexity index is 850. The number of benzene rings is 2. The molecule has 0 aromatic heterocycles. The second kappa shape index (κ2) is 9.33. The second-order valence-corrected chi connectivity index (χ2v) is 5.86. The van der Waals surface area contributed by atoms with Crippen LogP contribution in [0.25, 0.3) is 0 Å². The third-order valence-corrected chi connectivity index (χ3v) is 3.69. The Kier molecular flexibility index (Phi) is 6.87. The fourth-order valence-corrected chi connectivity index (χ4v) is 2.38. The number of hydrogen-bond donors (Lipinski definition) is 1. The summed E-state index contributed by atoms with van der Waals surface area (Å²) in [5.41, 5.74) is 1.93. The summed E-state index contributed by atoms with van der Waals surface area (Å²) in [7, 11) is 0. The van der Waals surface area contributed by atoms with E-state index in [1.165, 1.54) is 12.1 Å². The molecule has 8 heteroatoms. The van der Waals surface area contributed by atoms with Gasteiger partial charge in [0, 0.05) is 11.6 Å². The minimum absolute atomic E-state index is 0.0766. The van der Waals surface area contributed by atoms with Crippen molar-refractivity contribution in [3.63, 3.8) is 0 Å². The first-order chi connectivity index (χ1) is 12.9. The topological polar surface area (TPSA) is 108 Å². The van der Waals surface area contributed by atoms with Gasteiger partial charge in [-0.05, 0) is 37.6 Å². The molecule has 0 bridgehead atoms. The summed E-state index contributed by atoms with van der Waals surface area (Å²) in [6.45, 7) is 4.10. The maximum Gasteiger partial charge on any atom is 0.311 e. The molecule has 1 N–H and O–H groups in total. The molecule has 2 aromatic carbocycles. The van der Waals surface area contributed by atoms with E-state index in [1.54, 1.807) is 0 Å². The van der Waals surface area contributed by atoms with Crippen molar-refractivity contribution in [1.82, 2.24) is 5.32 Å². The fraction of sp³-hybridized carbons (Fsp3) is 0.263. The Morgan fingerprint density at radius 1 is 1.15 bits per heavy atom. The Morgan fingerprint density at radius 3 is 2.56 bits per heavy atom. The molecule has 0 heterocycles. The lowest BCUT2D eigenvalue weighted by Gasteiger charge is -2.11. The van der Waals surface area contributed by atoms with E-state index in [-0.39, 0.29) is 36.8 Å². The summed E-state index contributed by atoms with van der Waals surface area (Å²) in [6.07, 6.45) is 0.499. The molecule has 0 spiro atoms. The highest BCUT2D eigenvalue weighted by molar-refractivity contribution is 5.79. The molecule has 0 radical (unpaired) electrons. The predicted molar refractivity (Wildman–Crippen MR) is 98.4 cm³/mol. The molecular formula is C19H20N2O6. The highest BCUT2D eigenvalue weighted by Crippen LogP contribution is 2.27. The van der Waals surface area contributed by atoms with Crippen LogP contribution < -0.4 is 14.8 Å². The Hall–Kier alpha value is -3.42. The maximum atomic E-state index is 11.8. The summed E-state index contributed by atoms with van der Waals surface area (Å²) in [6, 6.07) is 9.58. The lowest BCUT2D eigenvalue weighted by atomic mass is 10.1. The summed E-state index contributed by atoms with van der Waals surface area (Å²) in [5.74, 6) is 0.234. The molecule has 142 valence electrons. The quantitative estimate of drug-likeness (QED) is 0.314. The van der Waals surface area contributed by atoms with Crippen LogP contribution in [-0.4, -0.2) is 36.9 Å². The molecule has 2 rings (SSSR count). The SMILES string of the molecule is Cc1ccc(OCCNC(=O)COc2ccc(C=O)cc2[N+](=O)[O-])c(C)c1. The normalized spacial score (nSPS) is 10.1. The number of rotatable bonds is 9. The second-order valence-electron chi connectivity index (χ2n) is 5.86. The molecule has 27 heavy (non-hydrogen) atoms. The van der Waals surface area contributed by atoms with Crippen LogP contribution in [0.4, 0.5) is 5.69 Å². The molecule has 0 aliphatic carbocycles. The number of carbonyl (C=O) groups is 2. The number of ether oxygens (including phenoxy) is 2. The van der Waals surface area contributed by atoms with E-state index in [0.29, 0.717) is 6.29 Å². The highest BCUT2D eigenvalue weighted by Gasteiger charge is 2.17. The minimum atomic E-state index is -0.669. The Balaban J connectivity index is 1.79. The number of aryl methyl sites for hydroxylation is 2. The summed E-state index contributed by atoms with van der Waals surface area (Å²) in [4.78, 5) is 32.9. The van der Waals surface area contributed by atoms with Gasteiger partial charge in [-0.15, -0.1) is 0 Å². The Labute approximate surface area is 156 Å². The van der Waals surface area contributed by atoms with Gasteiger partial charge in [0.15, 0.2) is 12.4 Å². The lowest BCUT2D eigenvalue weighted by molar-refractivity contribution is -0.385. The number of nitrogens with zero attached hydrogens (tertiary/aromatic N) is 1. The van der Waals surface area contributed by atoms with Gasteiger partial charge in [0.1, 0.15) is 18.6 Å². The highest BCUT2D eigenvalue weighted by atomic mass is 16.6. The molecule has 0 aliphatic heterocycles. The van der Waals surface area contributed by atoms with Crippen molar-refractivity contribution in [3.8, 4) is 11.5 Å². The van der Waals surface area contributed by atoms with Gasteiger partial charge in [-0.1, -0.05) is 17.7 Å². The molecule has 0 saturated carbocycles. The van der Waals surface area contributed by atoms with Gasteiger partial charge in [-0.25, -0.2) is 0 Å². The number of nitro benzene ring substituents is 1. The van der Waals surface area contributed by atoms with E-state index in [9.17, 15) is 19.7 Å². The third kappa shape index (κ3) is 5.81. The zero-order valence-electron chi connectivity index (χ0n) is 15.1. The summed E-state index contributed by atoms with van der Waals surface area (Å²) < 4.78 is 10.8. The molecule has 0 saturated heterocycles. The van der Waals surface area contributed by atoms with E-state index in [4.69, 9.17) is 9.47 Å². The van der Waals surface area contributed by atoms with Gasteiger partial charge >= 0.3 is 5.69 Å². The number of hydrogen-bond acceptors (Lipinski definition) is 6. The number of carbonyl (C=O) groups excluding carboxylic acids is 2. The van der Waals surface area contributed by atoms with Gasteiger partial charge in [0.2, 0.25) is 0 Å². The zero-order chi connectivity index (χ0) is 19.8. The zero-order valence-corrected chi connectivity index (χ0v) is 15.1. The fourth-order valence-electron chi connectivity index (χ4n) is 2.38. The summed E-state index contributed by atoms with van der Waals surface area (Å²) >= 11 is 0. The minimum Gasteiger partial charge on any atom is -0.491 e. The van der Waals surface area contributed by atoms with Crippen molar-refractivity contribution in [2.75, 3.05) is 19.8 Å². The predicted octanol–water partition coefficient (Wildman–Crippen LogP) is 2.60. The smallest absolute Gasteiger partial charge is 0.311 e. The van der Waals surface area contributed by atoms with Crippen molar-refractivity contribution in [2.24, 2.45) is 0 Å². The van der Waals surface area contributed by atoms with E-state index in [1.807, 2.05) is 32.0 Å².